The molecule has 2 heterocycles. The largest absolute Gasteiger partial charge is 0.464 e. The maximum atomic E-state index is 5.82. The van der Waals surface area contributed by atoms with Crippen LogP contribution in [0.4, 0.5) is 5.69 Å². The van der Waals surface area contributed by atoms with Gasteiger partial charge in [0.1, 0.15) is 18.1 Å². The van der Waals surface area contributed by atoms with Crippen LogP contribution in [0.3, 0.4) is 0 Å². The number of aryl methyl sites for hydroxylation is 1. The highest BCUT2D eigenvalue weighted by Gasteiger charge is 2.36. The first kappa shape index (κ1) is 12.8. The number of guanidine groups is 1. The van der Waals surface area contributed by atoms with Crippen molar-refractivity contribution in [3.05, 3.63) is 36.0 Å². The van der Waals surface area contributed by atoms with Crippen molar-refractivity contribution in [2.75, 3.05) is 5.32 Å². The van der Waals surface area contributed by atoms with Gasteiger partial charge in [0.25, 0.3) is 0 Å². The molecule has 20 heavy (non-hydrogen) atoms. The zero-order valence-corrected chi connectivity index (χ0v) is 11.7. The van der Waals surface area contributed by atoms with Crippen LogP contribution in [0.5, 0.6) is 0 Å². The van der Waals surface area contributed by atoms with E-state index in [1.54, 1.807) is 10.9 Å². The molecule has 2 atom stereocenters. The smallest absolute Gasteiger partial charge is 0.193 e. The fraction of sp³-hybridized carbons (Fsp3) is 0.429. The highest BCUT2D eigenvalue weighted by Crippen LogP contribution is 2.47. The maximum absolute atomic E-state index is 5.82. The number of nitrogens with zero attached hydrogens (tertiary/aromatic N) is 3. The Morgan fingerprint density at radius 2 is 2.40 bits per heavy atom. The summed E-state index contributed by atoms with van der Waals surface area (Å²) in [6.45, 7) is 2.68. The number of nitrogens with two attached hydrogens (primary N) is 1. The minimum atomic E-state index is 0.357. The van der Waals surface area contributed by atoms with Gasteiger partial charge in [0.05, 0.1) is 11.9 Å². The predicted octanol–water partition coefficient (Wildman–Crippen LogP) is 2.06. The van der Waals surface area contributed by atoms with E-state index in [-0.39, 0.29) is 0 Å². The van der Waals surface area contributed by atoms with Gasteiger partial charge in [0, 0.05) is 19.2 Å². The van der Waals surface area contributed by atoms with Crippen molar-refractivity contribution in [3.63, 3.8) is 0 Å². The molecule has 0 aliphatic heterocycles. The SMILES string of the molecule is C[C@@H]1C[C@@H]1c1ccc(CN=C(N)Nc2cnn(C)c2)o1. The molecule has 106 valence electrons. The Morgan fingerprint density at radius 1 is 1.60 bits per heavy atom. The topological polar surface area (TPSA) is 81.4 Å². The second kappa shape index (κ2) is 5.03. The van der Waals surface area contributed by atoms with Gasteiger partial charge in [0.15, 0.2) is 5.96 Å². The fourth-order valence-electron chi connectivity index (χ4n) is 2.23. The number of rotatable bonds is 4. The van der Waals surface area contributed by atoms with Crippen LogP contribution in [0, 0.1) is 5.92 Å². The van der Waals surface area contributed by atoms with E-state index in [0.29, 0.717) is 18.4 Å². The molecule has 6 nitrogen and oxygen atoms in total. The molecule has 0 bridgehead atoms. The van der Waals surface area contributed by atoms with E-state index in [1.165, 1.54) is 6.42 Å². The summed E-state index contributed by atoms with van der Waals surface area (Å²) in [4.78, 5) is 4.26. The number of furan rings is 1. The van der Waals surface area contributed by atoms with E-state index >= 15 is 0 Å². The number of nitrogens with one attached hydrogen (secondary N) is 1. The van der Waals surface area contributed by atoms with Gasteiger partial charge in [-0.2, -0.15) is 5.10 Å². The third kappa shape index (κ3) is 2.84. The molecule has 0 amide bonds. The summed E-state index contributed by atoms with van der Waals surface area (Å²) in [6, 6.07) is 4.02. The maximum Gasteiger partial charge on any atom is 0.193 e. The fourth-order valence-corrected chi connectivity index (χ4v) is 2.23. The standard InChI is InChI=1S/C14H19N5O/c1-9-5-12(9)13-4-3-11(20-13)7-16-14(15)18-10-6-17-19(2)8-10/h3-4,6,8-9,12H,5,7H2,1-2H3,(H3,15,16,18)/t9-,12+/m1/s1. The number of anilines is 1. The van der Waals surface area contributed by atoms with Gasteiger partial charge in [-0.15, -0.1) is 0 Å². The van der Waals surface area contributed by atoms with Crippen molar-refractivity contribution < 1.29 is 4.42 Å². The zero-order chi connectivity index (χ0) is 14.1. The Hall–Kier alpha value is -2.24. The average Bonchev–Trinajstić information content (AvgIpc) is 2.82. The molecule has 0 saturated heterocycles. The molecule has 1 aliphatic rings. The van der Waals surface area contributed by atoms with Gasteiger partial charge in [0.2, 0.25) is 0 Å². The van der Waals surface area contributed by atoms with E-state index in [4.69, 9.17) is 10.2 Å². The second-order valence-electron chi connectivity index (χ2n) is 5.35. The van der Waals surface area contributed by atoms with Crippen LogP contribution >= 0.6 is 0 Å². The molecule has 0 unspecified atom stereocenters. The quantitative estimate of drug-likeness (QED) is 0.660. The average molecular weight is 273 g/mol. The summed E-state index contributed by atoms with van der Waals surface area (Å²) in [7, 11) is 1.85. The number of hydrogen-bond acceptors (Lipinski definition) is 3. The van der Waals surface area contributed by atoms with Crippen molar-refractivity contribution in [1.29, 1.82) is 0 Å². The van der Waals surface area contributed by atoms with Crippen LogP contribution in [-0.2, 0) is 13.6 Å². The minimum Gasteiger partial charge on any atom is -0.464 e. The highest BCUT2D eigenvalue weighted by molar-refractivity contribution is 5.91. The van der Waals surface area contributed by atoms with Crippen molar-refractivity contribution in [1.82, 2.24) is 9.78 Å². The summed E-state index contributed by atoms with van der Waals surface area (Å²) in [6.07, 6.45) is 4.75. The Morgan fingerprint density at radius 3 is 3.05 bits per heavy atom. The Kier molecular flexibility index (Phi) is 3.22. The summed E-state index contributed by atoms with van der Waals surface area (Å²) in [5, 5.41) is 7.03. The van der Waals surface area contributed by atoms with Crippen molar-refractivity contribution in [3.8, 4) is 0 Å². The first-order valence-corrected chi connectivity index (χ1v) is 6.76. The number of aliphatic imine (C=N–C) groups is 1. The minimum absolute atomic E-state index is 0.357. The lowest BCUT2D eigenvalue weighted by atomic mass is 10.3. The van der Waals surface area contributed by atoms with Crippen LogP contribution in [-0.4, -0.2) is 15.7 Å². The second-order valence-corrected chi connectivity index (χ2v) is 5.35. The van der Waals surface area contributed by atoms with Gasteiger partial charge in [-0.3, -0.25) is 4.68 Å². The van der Waals surface area contributed by atoms with Gasteiger partial charge in [-0.25, -0.2) is 4.99 Å². The van der Waals surface area contributed by atoms with Gasteiger partial charge in [-0.05, 0) is 24.5 Å². The zero-order valence-electron chi connectivity index (χ0n) is 11.7. The van der Waals surface area contributed by atoms with Gasteiger partial charge < -0.3 is 15.5 Å². The first-order chi connectivity index (χ1) is 9.61. The predicted molar refractivity (Wildman–Crippen MR) is 77.4 cm³/mol. The number of aromatic nitrogens is 2. The Bertz CT molecular complexity index is 627. The molecule has 0 radical (unpaired) electrons. The third-order valence-corrected chi connectivity index (χ3v) is 3.54. The summed E-state index contributed by atoms with van der Waals surface area (Å²) in [5.41, 5.74) is 6.64. The van der Waals surface area contributed by atoms with Crippen molar-refractivity contribution in [2.45, 2.75) is 25.8 Å². The monoisotopic (exact) mass is 273 g/mol. The Labute approximate surface area is 117 Å². The highest BCUT2D eigenvalue weighted by atomic mass is 16.3. The van der Waals surface area contributed by atoms with Gasteiger partial charge >= 0.3 is 0 Å². The first-order valence-electron chi connectivity index (χ1n) is 6.76. The lowest BCUT2D eigenvalue weighted by molar-refractivity contribution is 0.464. The van der Waals surface area contributed by atoms with Crippen LogP contribution in [0.25, 0.3) is 0 Å². The van der Waals surface area contributed by atoms with E-state index in [0.717, 1.165) is 23.1 Å². The van der Waals surface area contributed by atoms with E-state index < -0.39 is 0 Å². The van der Waals surface area contributed by atoms with E-state index in [9.17, 15) is 0 Å². The Balaban J connectivity index is 1.57. The molecule has 1 saturated carbocycles. The molecule has 1 aliphatic carbocycles. The normalized spacial score (nSPS) is 22.0. The molecular weight excluding hydrogens is 254 g/mol. The molecule has 6 heteroatoms. The summed E-state index contributed by atoms with van der Waals surface area (Å²) < 4.78 is 7.48. The summed E-state index contributed by atoms with van der Waals surface area (Å²) in [5.74, 6) is 3.61. The lowest BCUT2D eigenvalue weighted by Crippen LogP contribution is -2.22. The van der Waals surface area contributed by atoms with Crippen LogP contribution < -0.4 is 11.1 Å². The molecule has 3 rings (SSSR count). The van der Waals surface area contributed by atoms with Gasteiger partial charge in [-0.1, -0.05) is 6.92 Å². The van der Waals surface area contributed by atoms with Crippen LogP contribution in [0.15, 0.2) is 33.9 Å². The van der Waals surface area contributed by atoms with Crippen molar-refractivity contribution in [2.24, 2.45) is 23.7 Å². The lowest BCUT2D eigenvalue weighted by Gasteiger charge is -2.01. The molecule has 3 N–H and O–H groups in total. The molecule has 2 aromatic heterocycles. The molecule has 0 aromatic carbocycles. The number of hydrogen-bond donors (Lipinski definition) is 2. The van der Waals surface area contributed by atoms with Crippen molar-refractivity contribution >= 4 is 11.6 Å². The molecule has 2 aromatic rings. The molecule has 1 fully saturated rings. The molecule has 0 spiro atoms. The van der Waals surface area contributed by atoms with E-state index in [1.807, 2.05) is 25.4 Å². The van der Waals surface area contributed by atoms with Crippen LogP contribution in [0.2, 0.25) is 0 Å². The molecular formula is C14H19N5O. The third-order valence-electron chi connectivity index (χ3n) is 3.54. The van der Waals surface area contributed by atoms with E-state index in [2.05, 4.69) is 22.3 Å². The summed E-state index contributed by atoms with van der Waals surface area (Å²) >= 11 is 0. The van der Waals surface area contributed by atoms with Crippen LogP contribution in [0.1, 0.15) is 30.8 Å².